The first-order valence-corrected chi connectivity index (χ1v) is 14.2. The number of thiophene rings is 1. The lowest BCUT2D eigenvalue weighted by atomic mass is 9.96. The lowest BCUT2D eigenvalue weighted by Gasteiger charge is -2.19. The van der Waals surface area contributed by atoms with E-state index in [1.807, 2.05) is 26.2 Å². The highest BCUT2D eigenvalue weighted by Crippen LogP contribution is 2.39. The van der Waals surface area contributed by atoms with E-state index in [1.54, 1.807) is 17.4 Å². The molecule has 0 saturated heterocycles. The van der Waals surface area contributed by atoms with Crippen LogP contribution < -0.4 is 15.4 Å². The maximum Gasteiger partial charge on any atom is 0.407 e. The fourth-order valence-electron chi connectivity index (χ4n) is 4.55. The molecule has 2 aromatic heterocycles. The Labute approximate surface area is 236 Å². The van der Waals surface area contributed by atoms with E-state index in [-0.39, 0.29) is 32.0 Å². The second-order valence-electron chi connectivity index (χ2n) is 10.6. The van der Waals surface area contributed by atoms with Gasteiger partial charge in [-0.15, -0.1) is 21.5 Å². The molecular weight excluding hydrogens is 531 g/mol. The van der Waals surface area contributed by atoms with E-state index in [0.717, 1.165) is 40.9 Å². The molecule has 4 aromatic rings. The van der Waals surface area contributed by atoms with Crippen LogP contribution in [0.25, 0.3) is 32.6 Å². The van der Waals surface area contributed by atoms with Gasteiger partial charge in [-0.05, 0) is 74.5 Å². The van der Waals surface area contributed by atoms with Crippen molar-refractivity contribution in [3.8, 4) is 28.3 Å². The molecule has 210 valence electrons. The van der Waals surface area contributed by atoms with Crippen LogP contribution in [0, 0.1) is 5.82 Å². The zero-order valence-corrected chi connectivity index (χ0v) is 23.7. The normalized spacial score (nSPS) is 13.2. The molecule has 3 heterocycles. The monoisotopic (exact) mass is 564 g/mol. The quantitative estimate of drug-likeness (QED) is 0.251. The number of benzene rings is 2. The van der Waals surface area contributed by atoms with Crippen molar-refractivity contribution < 1.29 is 23.4 Å². The van der Waals surface area contributed by atoms with Gasteiger partial charge in [0.05, 0.1) is 17.9 Å². The molecule has 0 saturated carbocycles. The number of hydrogen-bond acceptors (Lipinski definition) is 8. The van der Waals surface area contributed by atoms with Gasteiger partial charge >= 0.3 is 6.09 Å². The second kappa shape index (κ2) is 12.3. The number of carbonyl (C=O) groups excluding carboxylic acids is 1. The first kappa shape index (κ1) is 27.9. The van der Waals surface area contributed by atoms with E-state index in [4.69, 9.17) is 14.2 Å². The van der Waals surface area contributed by atoms with Gasteiger partial charge in [-0.1, -0.05) is 12.1 Å². The van der Waals surface area contributed by atoms with Gasteiger partial charge in [0.2, 0.25) is 0 Å². The smallest absolute Gasteiger partial charge is 0.407 e. The third-order valence-corrected chi connectivity index (χ3v) is 7.29. The fraction of sp³-hybridized carbons (Fsp3) is 0.367. The number of amides is 1. The minimum Gasteiger partial charge on any atom is -0.490 e. The number of ether oxygens (including phenoxy) is 3. The Morgan fingerprint density at radius 1 is 1.02 bits per heavy atom. The Hall–Kier alpha value is -3.60. The predicted octanol–water partition coefficient (Wildman–Crippen LogP) is 5.73. The van der Waals surface area contributed by atoms with Crippen LogP contribution >= 0.6 is 11.3 Å². The summed E-state index contributed by atoms with van der Waals surface area (Å²) in [4.78, 5) is 11.7. The molecule has 40 heavy (non-hydrogen) atoms. The van der Waals surface area contributed by atoms with Gasteiger partial charge in [0.25, 0.3) is 0 Å². The summed E-state index contributed by atoms with van der Waals surface area (Å²) in [7, 11) is 0. The van der Waals surface area contributed by atoms with Crippen LogP contribution in [0.2, 0.25) is 0 Å². The van der Waals surface area contributed by atoms with Crippen molar-refractivity contribution in [2.24, 2.45) is 0 Å². The molecule has 0 aliphatic carbocycles. The number of aromatic nitrogens is 2. The van der Waals surface area contributed by atoms with Gasteiger partial charge in [-0.25, -0.2) is 9.18 Å². The van der Waals surface area contributed by atoms with Crippen LogP contribution in [0.4, 0.5) is 9.18 Å². The van der Waals surface area contributed by atoms with Crippen molar-refractivity contribution in [2.45, 2.75) is 39.3 Å². The van der Waals surface area contributed by atoms with E-state index in [1.165, 1.54) is 23.3 Å². The maximum atomic E-state index is 14.2. The summed E-state index contributed by atoms with van der Waals surface area (Å²) in [5.41, 5.74) is 5.45. The summed E-state index contributed by atoms with van der Waals surface area (Å²) in [6.45, 7) is 8.24. The second-order valence-corrected chi connectivity index (χ2v) is 11.5. The molecule has 2 N–H and O–H groups in total. The highest BCUT2D eigenvalue weighted by molar-refractivity contribution is 7.17. The van der Waals surface area contributed by atoms with Gasteiger partial charge in [-0.3, -0.25) is 0 Å². The maximum absolute atomic E-state index is 14.2. The van der Waals surface area contributed by atoms with Crippen LogP contribution in [0.5, 0.6) is 5.75 Å². The highest BCUT2D eigenvalue weighted by Gasteiger charge is 2.19. The first-order chi connectivity index (χ1) is 19.3. The number of nitrogens with zero attached hydrogens (tertiary/aromatic N) is 2. The third kappa shape index (κ3) is 6.75. The molecule has 5 rings (SSSR count). The molecule has 0 bridgehead atoms. The molecule has 0 radical (unpaired) electrons. The standard InChI is InChI=1S/C30H33FN4O4S/c1-30(2,3)33-29(36)39-14-12-37-11-13-38-25-17-22(31)6-7-23(25)27-28-24(9-15-40-28)26(34-35-27)20-4-5-21-18-32-10-8-19(21)16-20/h4-7,9,15-17,32H,8,10-14,18H2,1-3H3,(H,33,36). The molecule has 0 atom stereocenters. The Kier molecular flexibility index (Phi) is 8.58. The SMILES string of the molecule is CC(C)(C)NC(=O)OCCOCCOc1cc(F)ccc1-c1nnc(-c2ccc3c(c2)CCNC3)c2ccsc12. The number of alkyl carbamates (subject to hydrolysis) is 1. The summed E-state index contributed by atoms with van der Waals surface area (Å²) in [5, 5.41) is 18.4. The summed E-state index contributed by atoms with van der Waals surface area (Å²) >= 11 is 1.57. The van der Waals surface area contributed by atoms with Crippen LogP contribution in [0.1, 0.15) is 31.9 Å². The molecule has 1 aliphatic heterocycles. The van der Waals surface area contributed by atoms with Gasteiger partial charge < -0.3 is 24.8 Å². The largest absolute Gasteiger partial charge is 0.490 e. The summed E-state index contributed by atoms with van der Waals surface area (Å²) in [6.07, 6.45) is 0.494. The van der Waals surface area contributed by atoms with Gasteiger partial charge in [-0.2, -0.15) is 0 Å². The summed E-state index contributed by atoms with van der Waals surface area (Å²) < 4.78 is 31.7. The average molecular weight is 565 g/mol. The Morgan fingerprint density at radius 3 is 2.70 bits per heavy atom. The summed E-state index contributed by atoms with van der Waals surface area (Å²) in [5.74, 6) is -0.0454. The molecule has 2 aromatic carbocycles. The van der Waals surface area contributed by atoms with Crippen LogP contribution in [-0.2, 0) is 22.4 Å². The van der Waals surface area contributed by atoms with Crippen molar-refractivity contribution in [3.05, 3.63) is 64.8 Å². The van der Waals surface area contributed by atoms with Crippen molar-refractivity contribution >= 4 is 27.5 Å². The molecule has 0 spiro atoms. The molecule has 1 aliphatic rings. The molecule has 0 unspecified atom stereocenters. The fourth-order valence-corrected chi connectivity index (χ4v) is 5.45. The minimum absolute atomic E-state index is 0.118. The number of hydrogen-bond donors (Lipinski definition) is 2. The molecule has 8 nitrogen and oxygen atoms in total. The number of rotatable bonds is 9. The third-order valence-electron chi connectivity index (χ3n) is 6.37. The first-order valence-electron chi connectivity index (χ1n) is 13.3. The van der Waals surface area contributed by atoms with E-state index in [9.17, 15) is 9.18 Å². The van der Waals surface area contributed by atoms with Crippen molar-refractivity contribution in [3.63, 3.8) is 0 Å². The molecule has 10 heteroatoms. The highest BCUT2D eigenvalue weighted by atomic mass is 32.1. The van der Waals surface area contributed by atoms with E-state index in [0.29, 0.717) is 17.0 Å². The summed E-state index contributed by atoms with van der Waals surface area (Å²) in [6, 6.07) is 12.9. The van der Waals surface area contributed by atoms with Crippen LogP contribution in [0.3, 0.4) is 0 Å². The molecular formula is C30H33FN4O4S. The van der Waals surface area contributed by atoms with Crippen LogP contribution in [0.15, 0.2) is 47.8 Å². The Bertz CT molecular complexity index is 1500. The van der Waals surface area contributed by atoms with Crippen LogP contribution in [-0.4, -0.2) is 54.8 Å². The minimum atomic E-state index is -0.493. The topological polar surface area (TPSA) is 94.6 Å². The zero-order chi connectivity index (χ0) is 28.1. The zero-order valence-electron chi connectivity index (χ0n) is 22.9. The van der Waals surface area contributed by atoms with Gasteiger partial charge in [0.15, 0.2) is 0 Å². The van der Waals surface area contributed by atoms with E-state index < -0.39 is 11.9 Å². The van der Waals surface area contributed by atoms with E-state index >= 15 is 0 Å². The number of halogens is 1. The average Bonchev–Trinajstić information content (AvgIpc) is 3.41. The predicted molar refractivity (Wildman–Crippen MR) is 154 cm³/mol. The van der Waals surface area contributed by atoms with Crippen molar-refractivity contribution in [1.82, 2.24) is 20.8 Å². The Morgan fingerprint density at radius 2 is 1.85 bits per heavy atom. The number of nitrogens with one attached hydrogen (secondary N) is 2. The van der Waals surface area contributed by atoms with Crippen molar-refractivity contribution in [1.29, 1.82) is 0 Å². The lowest BCUT2D eigenvalue weighted by Crippen LogP contribution is -2.41. The lowest BCUT2D eigenvalue weighted by molar-refractivity contribution is 0.0560. The molecule has 0 fully saturated rings. The number of fused-ring (bicyclic) bond motifs is 2. The Balaban J connectivity index is 1.27. The van der Waals surface area contributed by atoms with Gasteiger partial charge in [0.1, 0.15) is 36.2 Å². The molecule has 1 amide bonds. The van der Waals surface area contributed by atoms with E-state index in [2.05, 4.69) is 45.1 Å². The van der Waals surface area contributed by atoms with Crippen molar-refractivity contribution in [2.75, 3.05) is 33.0 Å². The number of carbonyl (C=O) groups is 1. The van der Waals surface area contributed by atoms with Gasteiger partial charge in [0, 0.05) is 34.7 Å².